The maximum absolute atomic E-state index is 12.8. The third-order valence-corrected chi connectivity index (χ3v) is 6.05. The van der Waals surface area contributed by atoms with Crippen LogP contribution in [0.4, 0.5) is 10.6 Å². The molecule has 0 saturated carbocycles. The van der Waals surface area contributed by atoms with E-state index >= 15 is 0 Å². The van der Waals surface area contributed by atoms with Crippen molar-refractivity contribution in [2.75, 3.05) is 18.9 Å². The van der Waals surface area contributed by atoms with Crippen molar-refractivity contribution in [2.45, 2.75) is 52.7 Å². The quantitative estimate of drug-likeness (QED) is 0.371. The van der Waals surface area contributed by atoms with E-state index in [-0.39, 0.29) is 24.9 Å². The molecule has 9 heteroatoms. The minimum atomic E-state index is -0.575. The molecule has 2 N–H and O–H groups in total. The highest BCUT2D eigenvalue weighted by molar-refractivity contribution is 5.94. The fourth-order valence-electron chi connectivity index (χ4n) is 4.07. The molecule has 1 aromatic carbocycles. The maximum Gasteiger partial charge on any atom is 0.408 e. The Kier molecular flexibility index (Phi) is 8.05. The van der Waals surface area contributed by atoms with E-state index in [1.54, 1.807) is 45.0 Å². The summed E-state index contributed by atoms with van der Waals surface area (Å²) in [4.78, 5) is 42.0. The second kappa shape index (κ2) is 11.4. The molecule has 3 amide bonds. The number of para-hydroxylation sites is 1. The SMILES string of the molecule is Cc1c(CN(C)C(=O)/C=C/c2cnc3c(c2)CCC(=O)N3)oc2c(C#CCNC(=O)OC(C)(C)C)cccc12. The number of carbonyl (C=O) groups is 3. The van der Waals surface area contributed by atoms with E-state index in [4.69, 9.17) is 9.15 Å². The van der Waals surface area contributed by atoms with Crippen LogP contribution in [0, 0.1) is 18.8 Å². The standard InChI is InChI=1S/C30H32N4O5/c1-19-23-10-6-8-21(9-7-15-31-29(37)39-30(2,3)4)27(23)38-24(19)18-34(5)26(36)14-11-20-16-22-12-13-25(35)33-28(22)32-17-20/h6,8,10-11,14,16-17H,12-13,15,18H2,1-5H3,(H,31,37)(H,32,33,35)/b14-11+. The highest BCUT2D eigenvalue weighted by Gasteiger charge is 2.18. The molecule has 0 bridgehead atoms. The monoisotopic (exact) mass is 528 g/mol. The number of benzene rings is 1. The molecular formula is C30H32N4O5. The van der Waals surface area contributed by atoms with Crippen molar-refractivity contribution < 1.29 is 23.5 Å². The number of alkyl carbamates (subject to hydrolysis) is 1. The van der Waals surface area contributed by atoms with Crippen molar-refractivity contribution in [3.8, 4) is 11.8 Å². The average molecular weight is 529 g/mol. The molecule has 0 saturated heterocycles. The number of amides is 3. The number of nitrogens with zero attached hydrogens (tertiary/aromatic N) is 2. The summed E-state index contributed by atoms with van der Waals surface area (Å²) in [5.41, 5.74) is 3.43. The number of nitrogens with one attached hydrogen (secondary N) is 2. The first kappa shape index (κ1) is 27.5. The summed E-state index contributed by atoms with van der Waals surface area (Å²) < 4.78 is 11.4. The van der Waals surface area contributed by atoms with E-state index in [1.807, 2.05) is 31.2 Å². The third kappa shape index (κ3) is 7.05. The van der Waals surface area contributed by atoms with Crippen LogP contribution in [0.2, 0.25) is 0 Å². The van der Waals surface area contributed by atoms with Gasteiger partial charge >= 0.3 is 6.09 Å². The zero-order valence-electron chi connectivity index (χ0n) is 22.8. The second-order valence-corrected chi connectivity index (χ2v) is 10.3. The Morgan fingerprint density at radius 3 is 2.85 bits per heavy atom. The Labute approximate surface area is 227 Å². The van der Waals surface area contributed by atoms with Crippen LogP contribution in [0.15, 0.2) is 41.0 Å². The average Bonchev–Trinajstić information content (AvgIpc) is 3.19. The van der Waals surface area contributed by atoms with Gasteiger partial charge in [-0.3, -0.25) is 9.59 Å². The molecule has 4 rings (SSSR count). The van der Waals surface area contributed by atoms with E-state index < -0.39 is 11.7 Å². The van der Waals surface area contributed by atoms with Gasteiger partial charge < -0.3 is 24.7 Å². The molecule has 0 atom stereocenters. The Morgan fingerprint density at radius 1 is 1.28 bits per heavy atom. The Bertz CT molecular complexity index is 1520. The van der Waals surface area contributed by atoms with E-state index in [2.05, 4.69) is 27.5 Å². The Hall–Kier alpha value is -4.58. The predicted octanol–water partition coefficient (Wildman–Crippen LogP) is 4.57. The van der Waals surface area contributed by atoms with Crippen molar-refractivity contribution in [2.24, 2.45) is 0 Å². The number of likely N-dealkylation sites (N-methyl/N-ethyl adjacent to an activating group) is 1. The number of rotatable bonds is 5. The summed E-state index contributed by atoms with van der Waals surface area (Å²) in [5.74, 6) is 7.01. The van der Waals surface area contributed by atoms with Crippen LogP contribution in [-0.4, -0.2) is 47.0 Å². The molecule has 0 unspecified atom stereocenters. The number of hydrogen-bond acceptors (Lipinski definition) is 6. The van der Waals surface area contributed by atoms with E-state index in [9.17, 15) is 14.4 Å². The minimum absolute atomic E-state index is 0.0367. The van der Waals surface area contributed by atoms with Crippen LogP contribution in [0.3, 0.4) is 0 Å². The number of anilines is 1. The normalized spacial score (nSPS) is 12.9. The lowest BCUT2D eigenvalue weighted by molar-refractivity contribution is -0.125. The van der Waals surface area contributed by atoms with Gasteiger partial charge in [0.2, 0.25) is 11.8 Å². The van der Waals surface area contributed by atoms with Crippen LogP contribution in [0.5, 0.6) is 0 Å². The van der Waals surface area contributed by atoms with Crippen molar-refractivity contribution in [3.63, 3.8) is 0 Å². The van der Waals surface area contributed by atoms with Gasteiger partial charge in [0.1, 0.15) is 22.8 Å². The zero-order valence-corrected chi connectivity index (χ0v) is 22.8. The fourth-order valence-corrected chi connectivity index (χ4v) is 4.07. The van der Waals surface area contributed by atoms with Crippen LogP contribution >= 0.6 is 0 Å². The second-order valence-electron chi connectivity index (χ2n) is 10.3. The number of ether oxygens (including phenoxy) is 1. The predicted molar refractivity (Wildman–Crippen MR) is 149 cm³/mol. The van der Waals surface area contributed by atoms with Gasteiger partial charge in [-0.2, -0.15) is 0 Å². The summed E-state index contributed by atoms with van der Waals surface area (Å²) >= 11 is 0. The lowest BCUT2D eigenvalue weighted by Crippen LogP contribution is -2.32. The first-order valence-electron chi connectivity index (χ1n) is 12.7. The summed E-state index contributed by atoms with van der Waals surface area (Å²) in [6, 6.07) is 7.64. The molecule has 0 spiro atoms. The lowest BCUT2D eigenvalue weighted by Gasteiger charge is -2.18. The first-order chi connectivity index (χ1) is 18.5. The molecule has 1 aliphatic heterocycles. The molecule has 0 radical (unpaired) electrons. The zero-order chi connectivity index (χ0) is 28.2. The van der Waals surface area contributed by atoms with Crippen molar-refractivity contribution in [3.05, 3.63) is 64.6 Å². The Morgan fingerprint density at radius 2 is 2.08 bits per heavy atom. The van der Waals surface area contributed by atoms with E-state index in [0.29, 0.717) is 35.6 Å². The van der Waals surface area contributed by atoms with E-state index in [0.717, 1.165) is 22.1 Å². The fraction of sp³-hybridized carbons (Fsp3) is 0.333. The van der Waals surface area contributed by atoms with E-state index in [1.165, 1.54) is 6.08 Å². The van der Waals surface area contributed by atoms with Crippen LogP contribution < -0.4 is 10.6 Å². The number of hydrogen-bond donors (Lipinski definition) is 2. The summed E-state index contributed by atoms with van der Waals surface area (Å²) in [7, 11) is 1.71. The molecule has 2 aromatic heterocycles. The lowest BCUT2D eigenvalue weighted by atomic mass is 10.0. The molecule has 39 heavy (non-hydrogen) atoms. The van der Waals surface area contributed by atoms with Gasteiger partial charge in [0.15, 0.2) is 0 Å². The molecule has 0 aliphatic carbocycles. The highest BCUT2D eigenvalue weighted by atomic mass is 16.6. The number of aryl methyl sites for hydroxylation is 2. The topological polar surface area (TPSA) is 114 Å². The molecule has 3 aromatic rings. The van der Waals surface area contributed by atoms with Crippen LogP contribution in [0.25, 0.3) is 17.0 Å². The van der Waals surface area contributed by atoms with Crippen molar-refractivity contribution in [1.82, 2.24) is 15.2 Å². The van der Waals surface area contributed by atoms with Crippen LogP contribution in [-0.2, 0) is 27.3 Å². The molecule has 202 valence electrons. The molecular weight excluding hydrogens is 496 g/mol. The molecule has 0 fully saturated rings. The van der Waals surface area contributed by atoms with Gasteiger partial charge in [0.25, 0.3) is 0 Å². The Balaban J connectivity index is 1.41. The maximum atomic E-state index is 12.8. The number of furan rings is 1. The third-order valence-electron chi connectivity index (χ3n) is 6.05. The number of fused-ring (bicyclic) bond motifs is 2. The highest BCUT2D eigenvalue weighted by Crippen LogP contribution is 2.28. The molecule has 1 aliphatic rings. The summed E-state index contributed by atoms with van der Waals surface area (Å²) in [6.07, 6.45) is 5.37. The van der Waals surface area contributed by atoms with Crippen molar-refractivity contribution in [1.29, 1.82) is 0 Å². The molecule has 9 nitrogen and oxygen atoms in total. The molecule has 3 heterocycles. The first-order valence-corrected chi connectivity index (χ1v) is 12.7. The largest absolute Gasteiger partial charge is 0.458 e. The number of aromatic nitrogens is 1. The van der Waals surface area contributed by atoms with Crippen molar-refractivity contribution >= 4 is 40.8 Å². The van der Waals surface area contributed by atoms with Gasteiger partial charge in [0.05, 0.1) is 18.7 Å². The smallest absolute Gasteiger partial charge is 0.408 e. The van der Waals surface area contributed by atoms with Gasteiger partial charge in [0, 0.05) is 36.7 Å². The number of pyridine rings is 1. The van der Waals surface area contributed by atoms with Gasteiger partial charge in [-0.15, -0.1) is 0 Å². The minimum Gasteiger partial charge on any atom is -0.458 e. The van der Waals surface area contributed by atoms with Gasteiger partial charge in [-0.1, -0.05) is 24.0 Å². The summed E-state index contributed by atoms with van der Waals surface area (Å²) in [5, 5.41) is 6.29. The number of carbonyl (C=O) groups excluding carboxylic acids is 3. The van der Waals surface area contributed by atoms with Crippen LogP contribution in [0.1, 0.15) is 55.2 Å². The van der Waals surface area contributed by atoms with Gasteiger partial charge in [-0.05, 0) is 63.5 Å². The van der Waals surface area contributed by atoms with Gasteiger partial charge in [-0.25, -0.2) is 9.78 Å². The summed E-state index contributed by atoms with van der Waals surface area (Å²) in [6.45, 7) is 7.76.